The van der Waals surface area contributed by atoms with Gasteiger partial charge in [0.25, 0.3) is 5.96 Å². The largest absolute Gasteiger partial charge is 0.485 e. The minimum Gasteiger partial charge on any atom is -0.485 e. The second-order valence-corrected chi connectivity index (χ2v) is 7.49. The summed E-state index contributed by atoms with van der Waals surface area (Å²) in [6.07, 6.45) is -0.114. The van der Waals surface area contributed by atoms with E-state index in [1.54, 1.807) is 32.0 Å². The van der Waals surface area contributed by atoms with E-state index in [9.17, 15) is 5.11 Å². The Morgan fingerprint density at radius 3 is 2.65 bits per heavy atom. The van der Waals surface area contributed by atoms with E-state index in [0.717, 1.165) is 6.42 Å². The molecule has 0 aromatic heterocycles. The van der Waals surface area contributed by atoms with Crippen LogP contribution in [0.5, 0.6) is 5.75 Å². The van der Waals surface area contributed by atoms with E-state index in [2.05, 4.69) is 25.5 Å². The number of nitrogens with zero attached hydrogens (tertiary/aromatic N) is 3. The monoisotopic (exact) mass is 355 g/mol. The molecule has 1 aromatic carbocycles. The summed E-state index contributed by atoms with van der Waals surface area (Å²) in [5.74, 6) is 0.867. The molecular weight excluding hydrogens is 330 g/mol. The average Bonchev–Trinajstić information content (AvgIpc) is 2.58. The molecule has 2 rings (SSSR count). The van der Waals surface area contributed by atoms with E-state index < -0.39 is 17.7 Å². The maximum atomic E-state index is 10.8. The summed E-state index contributed by atoms with van der Waals surface area (Å²) in [4.78, 5) is 11.3. The summed E-state index contributed by atoms with van der Waals surface area (Å²) in [6, 6.07) is 4.41. The molecule has 0 amide bonds. The highest BCUT2D eigenvalue weighted by molar-refractivity contribution is 5.81. The predicted octanol–water partition coefficient (Wildman–Crippen LogP) is 3.37. The molecule has 138 valence electrons. The molecule has 1 aliphatic rings. The third kappa shape index (κ3) is 4.07. The third-order valence-electron chi connectivity index (χ3n) is 4.60. The first-order chi connectivity index (χ1) is 12.1. The van der Waals surface area contributed by atoms with Gasteiger partial charge in [0.05, 0.1) is 6.57 Å². The summed E-state index contributed by atoms with van der Waals surface area (Å²) < 4.78 is 5.90. The zero-order valence-corrected chi connectivity index (χ0v) is 15.8. The lowest BCUT2D eigenvalue weighted by Gasteiger charge is -2.41. The zero-order valence-electron chi connectivity index (χ0n) is 15.8. The van der Waals surface area contributed by atoms with Crippen LogP contribution < -0.4 is 15.5 Å². The molecule has 0 radical (unpaired) electrons. The molecule has 0 fully saturated rings. The lowest BCUT2D eigenvalue weighted by atomic mass is 9.86. The van der Waals surface area contributed by atoms with Crippen molar-refractivity contribution in [2.24, 2.45) is 4.99 Å². The van der Waals surface area contributed by atoms with Crippen LogP contribution in [-0.4, -0.2) is 28.3 Å². The van der Waals surface area contributed by atoms with Gasteiger partial charge in [0.2, 0.25) is 0 Å². The fourth-order valence-electron chi connectivity index (χ4n) is 2.65. The van der Waals surface area contributed by atoms with E-state index in [-0.39, 0.29) is 11.5 Å². The zero-order chi connectivity index (χ0) is 19.5. The Labute approximate surface area is 154 Å². The van der Waals surface area contributed by atoms with Crippen LogP contribution in [0.1, 0.15) is 52.6 Å². The highest BCUT2D eigenvalue weighted by atomic mass is 16.5. The molecule has 26 heavy (non-hydrogen) atoms. The SMILES string of the molecule is [C-]#[N+]NC(=N[C@@H]1c2cc([N+]#[C-])ccc2OC(C)(C)[C@H]1O)NC(C)(C)CC. The molecule has 0 saturated carbocycles. The van der Waals surface area contributed by atoms with Crippen LogP contribution in [-0.2, 0) is 0 Å². The number of ether oxygens (including phenoxy) is 1. The lowest BCUT2D eigenvalue weighted by Crippen LogP contribution is -2.51. The summed E-state index contributed by atoms with van der Waals surface area (Å²) in [7, 11) is 0. The standard InChI is InChI=1S/C19H25N5O2/c1-8-18(2,3)23-17(24-21-7)22-15-13-11-12(20-6)9-10-14(13)26-19(4,5)16(15)25/h9-11,15-16,25H,8H2,1-5H3,(H2,22,23,24)/t15-,16+/m1/s1. The summed E-state index contributed by atoms with van der Waals surface area (Å²) in [5.41, 5.74) is 2.49. The quantitative estimate of drug-likeness (QED) is 0.336. The number of benzene rings is 1. The first kappa shape index (κ1) is 19.6. The Bertz CT molecular complexity index is 786. The predicted molar refractivity (Wildman–Crippen MR) is 101 cm³/mol. The number of nitrogens with one attached hydrogen (secondary N) is 2. The highest BCUT2D eigenvalue weighted by Crippen LogP contribution is 2.43. The van der Waals surface area contributed by atoms with Gasteiger partial charge in [-0.15, -0.1) is 0 Å². The van der Waals surface area contributed by atoms with Gasteiger partial charge in [-0.05, 0) is 46.2 Å². The van der Waals surface area contributed by atoms with Crippen LogP contribution in [0.15, 0.2) is 23.2 Å². The molecule has 3 N–H and O–H groups in total. The van der Waals surface area contributed by atoms with Crippen molar-refractivity contribution in [3.05, 3.63) is 46.7 Å². The normalized spacial score (nSPS) is 21.6. The smallest absolute Gasteiger partial charge is 0.263 e. The molecule has 0 bridgehead atoms. The highest BCUT2D eigenvalue weighted by Gasteiger charge is 2.43. The maximum Gasteiger partial charge on any atom is 0.263 e. The van der Waals surface area contributed by atoms with Crippen molar-refractivity contribution in [1.82, 2.24) is 10.7 Å². The second-order valence-electron chi connectivity index (χ2n) is 7.49. The van der Waals surface area contributed by atoms with Gasteiger partial charge in [0, 0.05) is 11.1 Å². The molecule has 0 saturated heterocycles. The Kier molecular flexibility index (Phi) is 5.44. The van der Waals surface area contributed by atoms with Gasteiger partial charge in [-0.25, -0.2) is 9.84 Å². The van der Waals surface area contributed by atoms with Crippen LogP contribution >= 0.6 is 0 Å². The fourth-order valence-corrected chi connectivity index (χ4v) is 2.65. The van der Waals surface area contributed by atoms with Crippen molar-refractivity contribution in [2.45, 2.75) is 64.3 Å². The summed E-state index contributed by atoms with van der Waals surface area (Å²) >= 11 is 0. The molecule has 7 nitrogen and oxygen atoms in total. The molecular formula is C19H25N5O2. The molecule has 0 unspecified atom stereocenters. The molecule has 1 heterocycles. The van der Waals surface area contributed by atoms with Gasteiger partial charge in [-0.1, -0.05) is 18.4 Å². The van der Waals surface area contributed by atoms with Crippen LogP contribution in [0.4, 0.5) is 5.69 Å². The first-order valence-corrected chi connectivity index (χ1v) is 8.50. The lowest BCUT2D eigenvalue weighted by molar-refractivity contribution is -0.0567. The van der Waals surface area contributed by atoms with Crippen LogP contribution in [0, 0.1) is 13.1 Å². The fraction of sp³-hybridized carbons (Fsp3) is 0.526. The van der Waals surface area contributed by atoms with E-state index in [1.165, 1.54) is 0 Å². The van der Waals surface area contributed by atoms with Crippen LogP contribution in [0.2, 0.25) is 0 Å². The van der Waals surface area contributed by atoms with E-state index >= 15 is 0 Å². The number of aliphatic hydroxyl groups excluding tert-OH is 1. The second kappa shape index (κ2) is 7.23. The van der Waals surface area contributed by atoms with Gasteiger partial charge >= 0.3 is 0 Å². The number of fused-ring (bicyclic) bond motifs is 1. The molecule has 2 atom stereocenters. The summed E-state index contributed by atoms with van der Waals surface area (Å²) in [6.45, 7) is 24.0. The molecule has 1 aromatic rings. The Hall–Kier alpha value is -2.77. The molecule has 0 aliphatic carbocycles. The molecule has 7 heteroatoms. The van der Waals surface area contributed by atoms with Gasteiger partial charge < -0.3 is 15.2 Å². The van der Waals surface area contributed by atoms with Crippen molar-refractivity contribution in [1.29, 1.82) is 0 Å². The molecule has 1 aliphatic heterocycles. The van der Waals surface area contributed by atoms with E-state index in [1.807, 2.05) is 20.8 Å². The van der Waals surface area contributed by atoms with Crippen molar-refractivity contribution >= 4 is 11.6 Å². The first-order valence-electron chi connectivity index (χ1n) is 8.50. The molecule has 0 spiro atoms. The van der Waals surface area contributed by atoms with Crippen molar-refractivity contribution < 1.29 is 9.84 Å². The minimum absolute atomic E-state index is 0.274. The van der Waals surface area contributed by atoms with Gasteiger partial charge in [-0.3, -0.25) is 0 Å². The van der Waals surface area contributed by atoms with Gasteiger partial charge in [-0.2, -0.15) is 11.5 Å². The van der Waals surface area contributed by atoms with Crippen LogP contribution in [0.3, 0.4) is 0 Å². The van der Waals surface area contributed by atoms with Crippen molar-refractivity contribution in [3.8, 4) is 5.75 Å². The topological polar surface area (TPSA) is 74.6 Å². The van der Waals surface area contributed by atoms with Crippen molar-refractivity contribution in [2.75, 3.05) is 0 Å². The third-order valence-corrected chi connectivity index (χ3v) is 4.60. The number of guanidine groups is 1. The number of aliphatic hydroxyl groups is 1. The minimum atomic E-state index is -0.940. The van der Waals surface area contributed by atoms with Crippen molar-refractivity contribution in [3.63, 3.8) is 0 Å². The van der Waals surface area contributed by atoms with E-state index in [4.69, 9.17) is 17.9 Å². The van der Waals surface area contributed by atoms with Gasteiger partial charge in [0.15, 0.2) is 5.69 Å². The van der Waals surface area contributed by atoms with Crippen LogP contribution in [0.25, 0.3) is 9.80 Å². The van der Waals surface area contributed by atoms with Gasteiger partial charge in [0.1, 0.15) is 23.5 Å². The number of hydrogen-bond donors (Lipinski definition) is 3. The Morgan fingerprint density at radius 2 is 2.08 bits per heavy atom. The Balaban J connectivity index is 2.54. The van der Waals surface area contributed by atoms with E-state index in [0.29, 0.717) is 17.0 Å². The number of aliphatic imine (C=N–C) groups is 1. The maximum absolute atomic E-state index is 10.8. The average molecular weight is 355 g/mol. The Morgan fingerprint density at radius 1 is 1.38 bits per heavy atom. The summed E-state index contributed by atoms with van der Waals surface area (Å²) in [5, 5.41) is 14.0. The number of hydrogen-bond acceptors (Lipinski definition) is 3. The number of rotatable bonds is 3.